The molecule has 0 aliphatic carbocycles. The Morgan fingerprint density at radius 1 is 1.55 bits per heavy atom. The van der Waals surface area contributed by atoms with Crippen LogP contribution in [0.3, 0.4) is 0 Å². The number of aromatic nitrogens is 2. The van der Waals surface area contributed by atoms with Gasteiger partial charge in [-0.3, -0.25) is 0 Å². The van der Waals surface area contributed by atoms with E-state index in [0.717, 1.165) is 11.3 Å². The SMILES string of the molecule is C=Cc1cncnc1/C=C\C. The zero-order valence-electron chi connectivity index (χ0n) is 6.49. The highest BCUT2D eigenvalue weighted by atomic mass is 14.8. The molecule has 1 aromatic rings. The van der Waals surface area contributed by atoms with Gasteiger partial charge in [-0.25, -0.2) is 9.97 Å². The minimum atomic E-state index is 0.914. The van der Waals surface area contributed by atoms with Crippen LogP contribution in [0.4, 0.5) is 0 Å². The van der Waals surface area contributed by atoms with Gasteiger partial charge in [0.05, 0.1) is 5.69 Å². The Labute approximate surface area is 66.3 Å². The highest BCUT2D eigenvalue weighted by Gasteiger charge is 1.93. The first-order valence-corrected chi connectivity index (χ1v) is 3.43. The maximum absolute atomic E-state index is 4.07. The molecule has 0 aromatic carbocycles. The van der Waals surface area contributed by atoms with Gasteiger partial charge < -0.3 is 0 Å². The molecule has 1 rings (SSSR count). The number of nitrogens with zero attached hydrogens (tertiary/aromatic N) is 2. The third-order valence-electron chi connectivity index (χ3n) is 1.32. The highest BCUT2D eigenvalue weighted by molar-refractivity contribution is 5.59. The Morgan fingerprint density at radius 2 is 2.36 bits per heavy atom. The van der Waals surface area contributed by atoms with Crippen molar-refractivity contribution in [1.29, 1.82) is 0 Å². The van der Waals surface area contributed by atoms with E-state index in [4.69, 9.17) is 0 Å². The summed E-state index contributed by atoms with van der Waals surface area (Å²) in [5, 5.41) is 0. The number of hydrogen-bond acceptors (Lipinski definition) is 2. The fraction of sp³-hybridized carbons (Fsp3) is 0.111. The first kappa shape index (κ1) is 7.66. The molecule has 0 bridgehead atoms. The van der Waals surface area contributed by atoms with Crippen LogP contribution in [-0.2, 0) is 0 Å². The predicted molar refractivity (Wildman–Crippen MR) is 46.8 cm³/mol. The molecule has 0 atom stereocenters. The van der Waals surface area contributed by atoms with E-state index in [0.29, 0.717) is 0 Å². The van der Waals surface area contributed by atoms with E-state index < -0.39 is 0 Å². The molecule has 0 fully saturated rings. The lowest BCUT2D eigenvalue weighted by atomic mass is 10.2. The minimum Gasteiger partial charge on any atom is -0.244 e. The van der Waals surface area contributed by atoms with Crippen molar-refractivity contribution in [2.75, 3.05) is 0 Å². The lowest BCUT2D eigenvalue weighted by Crippen LogP contribution is -1.86. The van der Waals surface area contributed by atoms with Crippen LogP contribution < -0.4 is 0 Å². The van der Waals surface area contributed by atoms with Crippen LogP contribution in [0.2, 0.25) is 0 Å². The molecule has 0 aliphatic rings. The molecule has 0 amide bonds. The van der Waals surface area contributed by atoms with E-state index in [2.05, 4.69) is 16.5 Å². The summed E-state index contributed by atoms with van der Waals surface area (Å²) >= 11 is 0. The van der Waals surface area contributed by atoms with Gasteiger partial charge in [-0.05, 0) is 13.0 Å². The van der Waals surface area contributed by atoms with E-state index >= 15 is 0 Å². The summed E-state index contributed by atoms with van der Waals surface area (Å²) in [6.07, 6.45) is 8.89. The minimum absolute atomic E-state index is 0.914. The fourth-order valence-corrected chi connectivity index (χ4v) is 0.804. The Bertz CT molecular complexity index is 277. The molecule has 11 heavy (non-hydrogen) atoms. The Hall–Kier alpha value is -1.44. The lowest BCUT2D eigenvalue weighted by molar-refractivity contribution is 1.14. The van der Waals surface area contributed by atoms with E-state index in [1.54, 1.807) is 12.3 Å². The van der Waals surface area contributed by atoms with Crippen molar-refractivity contribution in [3.63, 3.8) is 0 Å². The summed E-state index contributed by atoms with van der Waals surface area (Å²) < 4.78 is 0. The zero-order chi connectivity index (χ0) is 8.10. The van der Waals surface area contributed by atoms with Gasteiger partial charge in [0.15, 0.2) is 0 Å². The quantitative estimate of drug-likeness (QED) is 0.639. The van der Waals surface area contributed by atoms with Crippen LogP contribution in [0.5, 0.6) is 0 Å². The Balaban J connectivity index is 3.11. The largest absolute Gasteiger partial charge is 0.244 e. The highest BCUT2D eigenvalue weighted by Crippen LogP contribution is 2.06. The van der Waals surface area contributed by atoms with Gasteiger partial charge in [0.25, 0.3) is 0 Å². The normalized spacial score (nSPS) is 10.3. The van der Waals surface area contributed by atoms with E-state index in [-0.39, 0.29) is 0 Å². The molecule has 1 heterocycles. The van der Waals surface area contributed by atoms with Crippen molar-refractivity contribution in [2.45, 2.75) is 6.92 Å². The van der Waals surface area contributed by atoms with Gasteiger partial charge in [0.2, 0.25) is 0 Å². The number of allylic oxidation sites excluding steroid dienone is 1. The monoisotopic (exact) mass is 146 g/mol. The van der Waals surface area contributed by atoms with Gasteiger partial charge in [-0.1, -0.05) is 18.7 Å². The average molecular weight is 146 g/mol. The molecule has 2 heteroatoms. The molecule has 0 saturated heterocycles. The molecule has 0 unspecified atom stereocenters. The van der Waals surface area contributed by atoms with Crippen LogP contribution >= 0.6 is 0 Å². The van der Waals surface area contributed by atoms with Crippen molar-refractivity contribution >= 4 is 12.2 Å². The third-order valence-corrected chi connectivity index (χ3v) is 1.32. The zero-order valence-corrected chi connectivity index (χ0v) is 6.49. The third kappa shape index (κ3) is 1.74. The van der Waals surface area contributed by atoms with Gasteiger partial charge >= 0.3 is 0 Å². The first-order chi connectivity index (χ1) is 5.38. The van der Waals surface area contributed by atoms with Crippen LogP contribution in [0, 0.1) is 0 Å². The Morgan fingerprint density at radius 3 is 3.00 bits per heavy atom. The summed E-state index contributed by atoms with van der Waals surface area (Å²) in [5.74, 6) is 0. The second-order valence-electron chi connectivity index (χ2n) is 2.07. The van der Waals surface area contributed by atoms with E-state index in [9.17, 15) is 0 Å². The molecule has 2 nitrogen and oxygen atoms in total. The summed E-state index contributed by atoms with van der Waals surface area (Å²) in [6.45, 7) is 5.61. The number of rotatable bonds is 2. The molecule has 0 radical (unpaired) electrons. The van der Waals surface area contributed by atoms with Gasteiger partial charge in [0, 0.05) is 11.8 Å². The van der Waals surface area contributed by atoms with Crippen LogP contribution in [0.1, 0.15) is 18.2 Å². The summed E-state index contributed by atoms with van der Waals surface area (Å²) in [4.78, 5) is 7.95. The Kier molecular flexibility index (Phi) is 2.55. The summed E-state index contributed by atoms with van der Waals surface area (Å²) in [5.41, 5.74) is 1.88. The summed E-state index contributed by atoms with van der Waals surface area (Å²) in [7, 11) is 0. The maximum Gasteiger partial charge on any atom is 0.116 e. The van der Waals surface area contributed by atoms with Crippen LogP contribution in [0.25, 0.3) is 12.2 Å². The number of hydrogen-bond donors (Lipinski definition) is 0. The van der Waals surface area contributed by atoms with Crippen molar-refractivity contribution in [3.8, 4) is 0 Å². The predicted octanol–water partition coefficient (Wildman–Crippen LogP) is 2.15. The molecular weight excluding hydrogens is 136 g/mol. The maximum atomic E-state index is 4.07. The van der Waals surface area contributed by atoms with Crippen molar-refractivity contribution < 1.29 is 0 Å². The van der Waals surface area contributed by atoms with Crippen molar-refractivity contribution in [1.82, 2.24) is 9.97 Å². The van der Waals surface area contributed by atoms with E-state index in [1.165, 1.54) is 6.33 Å². The second-order valence-corrected chi connectivity index (χ2v) is 2.07. The van der Waals surface area contributed by atoms with E-state index in [1.807, 2.05) is 19.1 Å². The van der Waals surface area contributed by atoms with Crippen molar-refractivity contribution in [3.05, 3.63) is 36.4 Å². The van der Waals surface area contributed by atoms with Crippen LogP contribution in [0.15, 0.2) is 25.2 Å². The summed E-state index contributed by atoms with van der Waals surface area (Å²) in [6, 6.07) is 0. The molecule has 0 aliphatic heterocycles. The molecular formula is C9H10N2. The molecule has 0 saturated carbocycles. The van der Waals surface area contributed by atoms with Gasteiger partial charge in [-0.2, -0.15) is 0 Å². The first-order valence-electron chi connectivity index (χ1n) is 3.43. The van der Waals surface area contributed by atoms with Crippen LogP contribution in [-0.4, -0.2) is 9.97 Å². The average Bonchev–Trinajstić information content (AvgIpc) is 2.06. The van der Waals surface area contributed by atoms with Gasteiger partial charge in [-0.15, -0.1) is 0 Å². The molecule has 0 spiro atoms. The standard InChI is InChI=1S/C9H10N2/c1-3-5-9-8(4-2)6-10-7-11-9/h3-7H,2H2,1H3/b5-3-. The second kappa shape index (κ2) is 3.66. The lowest BCUT2D eigenvalue weighted by Gasteiger charge is -1.95. The molecule has 0 N–H and O–H groups in total. The smallest absolute Gasteiger partial charge is 0.116 e. The van der Waals surface area contributed by atoms with Crippen molar-refractivity contribution in [2.24, 2.45) is 0 Å². The topological polar surface area (TPSA) is 25.8 Å². The molecule has 1 aromatic heterocycles. The molecule has 56 valence electrons. The van der Waals surface area contributed by atoms with Gasteiger partial charge in [0.1, 0.15) is 6.33 Å². The fourth-order valence-electron chi connectivity index (χ4n) is 0.804.